The number of rotatable bonds is 7. The minimum atomic E-state index is -0.0398. The number of ether oxygens (including phenoxy) is 1. The van der Waals surface area contributed by atoms with Gasteiger partial charge in [-0.25, -0.2) is 0 Å². The molecule has 0 saturated heterocycles. The first-order valence-corrected chi connectivity index (χ1v) is 9.59. The van der Waals surface area contributed by atoms with Crippen LogP contribution in [0, 0.1) is 6.92 Å². The standard InChI is InChI=1S/C24H24N2OS/c1-3-16-27-22-11-7-10-21(17-22)25-24(28)26-23(19-8-5-4-6-9-19)20-14-12-18(2)13-15-20/h3-15,17,23H,1,16H2,2H3,(H2,25,26,28)/t23-/m1/s1. The van der Waals surface area contributed by atoms with Crippen LogP contribution in [0.5, 0.6) is 5.75 Å². The maximum Gasteiger partial charge on any atom is 0.171 e. The fraction of sp³-hybridized carbons (Fsp3) is 0.125. The number of hydrogen-bond acceptors (Lipinski definition) is 2. The highest BCUT2D eigenvalue weighted by Gasteiger charge is 2.15. The average molecular weight is 389 g/mol. The summed E-state index contributed by atoms with van der Waals surface area (Å²) in [5.74, 6) is 0.769. The fourth-order valence-corrected chi connectivity index (χ4v) is 3.12. The molecule has 3 aromatic rings. The second kappa shape index (κ2) is 9.72. The van der Waals surface area contributed by atoms with Gasteiger partial charge >= 0.3 is 0 Å². The Kier molecular flexibility index (Phi) is 6.82. The number of hydrogen-bond donors (Lipinski definition) is 2. The quantitative estimate of drug-likeness (QED) is 0.406. The van der Waals surface area contributed by atoms with Crippen molar-refractivity contribution < 1.29 is 4.74 Å². The molecule has 1 atom stereocenters. The summed E-state index contributed by atoms with van der Waals surface area (Å²) in [6, 6.07) is 26.5. The minimum Gasteiger partial charge on any atom is -0.489 e. The van der Waals surface area contributed by atoms with Crippen molar-refractivity contribution in [2.45, 2.75) is 13.0 Å². The molecule has 0 aromatic heterocycles. The second-order valence-electron chi connectivity index (χ2n) is 6.48. The SMILES string of the molecule is C=CCOc1cccc(NC(=S)N[C@H](c2ccccc2)c2ccc(C)cc2)c1. The highest BCUT2D eigenvalue weighted by Crippen LogP contribution is 2.23. The Hall–Kier alpha value is -3.11. The van der Waals surface area contributed by atoms with Crippen LogP contribution in [0.25, 0.3) is 0 Å². The van der Waals surface area contributed by atoms with Gasteiger partial charge in [0.1, 0.15) is 12.4 Å². The van der Waals surface area contributed by atoms with Crippen LogP contribution < -0.4 is 15.4 Å². The molecule has 3 nitrogen and oxygen atoms in total. The van der Waals surface area contributed by atoms with E-state index >= 15 is 0 Å². The molecule has 0 radical (unpaired) electrons. The Labute approximate surface area is 172 Å². The predicted octanol–water partition coefficient (Wildman–Crippen LogP) is 5.64. The summed E-state index contributed by atoms with van der Waals surface area (Å²) in [7, 11) is 0. The van der Waals surface area contributed by atoms with E-state index in [0.717, 1.165) is 22.6 Å². The maximum absolute atomic E-state index is 5.59. The van der Waals surface area contributed by atoms with Gasteiger partial charge in [0.05, 0.1) is 6.04 Å². The Morgan fingerprint density at radius 3 is 2.43 bits per heavy atom. The first-order valence-electron chi connectivity index (χ1n) is 9.18. The molecular weight excluding hydrogens is 364 g/mol. The Morgan fingerprint density at radius 1 is 1.00 bits per heavy atom. The van der Waals surface area contributed by atoms with Crippen LogP contribution in [-0.4, -0.2) is 11.7 Å². The van der Waals surface area contributed by atoms with Gasteiger partial charge in [0.15, 0.2) is 5.11 Å². The van der Waals surface area contributed by atoms with E-state index in [9.17, 15) is 0 Å². The zero-order valence-corrected chi connectivity index (χ0v) is 16.7. The Morgan fingerprint density at radius 2 is 1.71 bits per heavy atom. The summed E-state index contributed by atoms with van der Waals surface area (Å²) >= 11 is 5.59. The summed E-state index contributed by atoms with van der Waals surface area (Å²) in [6.07, 6.45) is 1.72. The van der Waals surface area contributed by atoms with Crippen molar-refractivity contribution >= 4 is 23.0 Å². The molecule has 0 aliphatic carbocycles. The monoisotopic (exact) mass is 388 g/mol. The lowest BCUT2D eigenvalue weighted by Crippen LogP contribution is -2.33. The van der Waals surface area contributed by atoms with Gasteiger partial charge in [-0.3, -0.25) is 0 Å². The summed E-state index contributed by atoms with van der Waals surface area (Å²) in [6.45, 7) is 6.22. The molecule has 28 heavy (non-hydrogen) atoms. The summed E-state index contributed by atoms with van der Waals surface area (Å²) in [5, 5.41) is 7.25. The Bertz CT molecular complexity index is 923. The zero-order chi connectivity index (χ0) is 19.8. The van der Waals surface area contributed by atoms with Gasteiger partial charge in [-0.05, 0) is 42.4 Å². The first-order chi connectivity index (χ1) is 13.7. The van der Waals surface area contributed by atoms with Gasteiger partial charge in [0.2, 0.25) is 0 Å². The van der Waals surface area contributed by atoms with Gasteiger partial charge in [-0.2, -0.15) is 0 Å². The van der Waals surface area contributed by atoms with Gasteiger partial charge in [0.25, 0.3) is 0 Å². The van der Waals surface area contributed by atoms with Crippen LogP contribution in [0.1, 0.15) is 22.7 Å². The molecule has 142 valence electrons. The average Bonchev–Trinajstić information content (AvgIpc) is 2.72. The van der Waals surface area contributed by atoms with Gasteiger partial charge in [-0.1, -0.05) is 78.9 Å². The molecule has 0 unspecified atom stereocenters. The summed E-state index contributed by atoms with van der Waals surface area (Å²) in [4.78, 5) is 0. The fourth-order valence-electron chi connectivity index (χ4n) is 2.88. The molecule has 2 N–H and O–H groups in total. The number of nitrogens with one attached hydrogen (secondary N) is 2. The molecule has 0 aliphatic heterocycles. The van der Waals surface area contributed by atoms with Gasteiger partial charge in [0, 0.05) is 11.8 Å². The third kappa shape index (κ3) is 5.44. The molecular formula is C24H24N2OS. The van der Waals surface area contributed by atoms with Crippen LogP contribution >= 0.6 is 12.2 Å². The van der Waals surface area contributed by atoms with Crippen molar-refractivity contribution in [3.8, 4) is 5.75 Å². The van der Waals surface area contributed by atoms with E-state index < -0.39 is 0 Å². The molecule has 0 fully saturated rings. The second-order valence-corrected chi connectivity index (χ2v) is 6.89. The van der Waals surface area contributed by atoms with Gasteiger partial charge in [-0.15, -0.1) is 0 Å². The largest absolute Gasteiger partial charge is 0.489 e. The lowest BCUT2D eigenvalue weighted by Gasteiger charge is -2.22. The van der Waals surface area contributed by atoms with Crippen LogP contribution in [0.3, 0.4) is 0 Å². The zero-order valence-electron chi connectivity index (χ0n) is 15.9. The molecule has 0 aliphatic rings. The van der Waals surface area contributed by atoms with Crippen molar-refractivity contribution in [3.63, 3.8) is 0 Å². The molecule has 0 saturated carbocycles. The van der Waals surface area contributed by atoms with E-state index in [0.29, 0.717) is 11.7 Å². The third-order valence-corrected chi connectivity index (χ3v) is 4.50. The van der Waals surface area contributed by atoms with Crippen LogP contribution in [0.15, 0.2) is 91.5 Å². The summed E-state index contributed by atoms with van der Waals surface area (Å²) in [5.41, 5.74) is 4.41. The van der Waals surface area contributed by atoms with Crippen LogP contribution in [0.4, 0.5) is 5.69 Å². The molecule has 0 heterocycles. The van der Waals surface area contributed by atoms with E-state index in [-0.39, 0.29) is 6.04 Å². The number of aryl methyl sites for hydroxylation is 1. The molecule has 4 heteroatoms. The lowest BCUT2D eigenvalue weighted by atomic mass is 9.98. The predicted molar refractivity (Wildman–Crippen MR) is 121 cm³/mol. The van der Waals surface area contributed by atoms with E-state index in [1.165, 1.54) is 5.56 Å². The van der Waals surface area contributed by atoms with E-state index in [1.807, 2.05) is 42.5 Å². The number of anilines is 1. The van der Waals surface area contributed by atoms with Crippen molar-refractivity contribution in [2.24, 2.45) is 0 Å². The van der Waals surface area contributed by atoms with E-state index in [2.05, 4.69) is 60.5 Å². The molecule has 3 aromatic carbocycles. The van der Waals surface area contributed by atoms with Crippen molar-refractivity contribution in [3.05, 3.63) is 108 Å². The molecule has 0 amide bonds. The smallest absolute Gasteiger partial charge is 0.171 e. The maximum atomic E-state index is 5.59. The number of thiocarbonyl (C=S) groups is 1. The van der Waals surface area contributed by atoms with E-state index in [1.54, 1.807) is 6.08 Å². The third-order valence-electron chi connectivity index (χ3n) is 4.28. The van der Waals surface area contributed by atoms with Gasteiger partial charge < -0.3 is 15.4 Å². The molecule has 0 bridgehead atoms. The first kappa shape index (κ1) is 19.6. The van der Waals surface area contributed by atoms with Crippen molar-refractivity contribution in [2.75, 3.05) is 11.9 Å². The molecule has 0 spiro atoms. The van der Waals surface area contributed by atoms with Crippen molar-refractivity contribution in [1.82, 2.24) is 5.32 Å². The summed E-state index contributed by atoms with van der Waals surface area (Å²) < 4.78 is 5.59. The lowest BCUT2D eigenvalue weighted by molar-refractivity contribution is 0.363. The van der Waals surface area contributed by atoms with Crippen molar-refractivity contribution in [1.29, 1.82) is 0 Å². The minimum absolute atomic E-state index is 0.0398. The normalized spacial score (nSPS) is 11.3. The number of benzene rings is 3. The topological polar surface area (TPSA) is 33.3 Å². The van der Waals surface area contributed by atoms with Crippen LogP contribution in [0.2, 0.25) is 0 Å². The van der Waals surface area contributed by atoms with Crippen LogP contribution in [-0.2, 0) is 0 Å². The highest BCUT2D eigenvalue weighted by molar-refractivity contribution is 7.80. The highest BCUT2D eigenvalue weighted by atomic mass is 32.1. The Balaban J connectivity index is 1.76. The molecule has 3 rings (SSSR count). The van der Waals surface area contributed by atoms with E-state index in [4.69, 9.17) is 17.0 Å².